The number of ether oxygens (including phenoxy) is 2. The molecule has 0 aliphatic heterocycles. The van der Waals surface area contributed by atoms with Crippen molar-refractivity contribution in [2.24, 2.45) is 0 Å². The third kappa shape index (κ3) is 4.05. The van der Waals surface area contributed by atoms with E-state index in [0.717, 1.165) is 30.8 Å². The van der Waals surface area contributed by atoms with Crippen LogP contribution in [0.15, 0.2) is 57.5 Å². The van der Waals surface area contributed by atoms with Gasteiger partial charge in [-0.25, -0.2) is 4.79 Å². The molecule has 3 rings (SSSR count). The Balaban J connectivity index is 1.75. The largest absolute Gasteiger partial charge is 0.481 e. The van der Waals surface area contributed by atoms with Crippen molar-refractivity contribution >= 4 is 48.6 Å². The first-order valence-electron chi connectivity index (χ1n) is 7.73. The van der Waals surface area contributed by atoms with Crippen LogP contribution >= 0.6 is 31.9 Å². The number of hydrogen-bond donors (Lipinski definition) is 0. The van der Waals surface area contributed by atoms with Crippen molar-refractivity contribution in [1.82, 2.24) is 0 Å². The zero-order chi connectivity index (χ0) is 18.0. The second-order valence-electron chi connectivity index (χ2n) is 5.72. The topological polar surface area (TPSA) is 35.5 Å². The van der Waals surface area contributed by atoms with Crippen molar-refractivity contribution < 1.29 is 14.3 Å². The second kappa shape index (κ2) is 7.58. The van der Waals surface area contributed by atoms with Gasteiger partial charge in [0.25, 0.3) is 0 Å². The van der Waals surface area contributed by atoms with Gasteiger partial charge in [0.15, 0.2) is 6.61 Å². The van der Waals surface area contributed by atoms with Crippen molar-refractivity contribution in [3.8, 4) is 11.5 Å². The fraction of sp³-hybridized carbons (Fsp3) is 0.150. The van der Waals surface area contributed by atoms with E-state index in [1.54, 1.807) is 6.07 Å². The van der Waals surface area contributed by atoms with E-state index < -0.39 is 5.97 Å². The van der Waals surface area contributed by atoms with Crippen LogP contribution in [0, 0.1) is 13.8 Å². The minimum Gasteiger partial charge on any atom is -0.481 e. The molecule has 25 heavy (non-hydrogen) atoms. The van der Waals surface area contributed by atoms with E-state index in [0.29, 0.717) is 11.5 Å². The molecule has 0 spiro atoms. The summed E-state index contributed by atoms with van der Waals surface area (Å²) in [5.74, 6) is 0.798. The number of carbonyl (C=O) groups is 1. The average molecular weight is 464 g/mol. The van der Waals surface area contributed by atoms with Crippen LogP contribution in [0.2, 0.25) is 0 Å². The Morgan fingerprint density at radius 1 is 0.960 bits per heavy atom. The SMILES string of the molecule is Cc1cc(Br)cc(C)c1OCC(=O)Oc1ccc(Br)c2ccccc12. The molecule has 0 amide bonds. The lowest BCUT2D eigenvalue weighted by atomic mass is 10.1. The standard InChI is InChI=1S/C20H16Br2O3/c1-12-9-14(21)10-13(2)20(12)24-11-19(23)25-18-8-7-17(22)15-5-3-4-6-16(15)18/h3-10H,11H2,1-2H3. The molecule has 0 aromatic heterocycles. The minimum absolute atomic E-state index is 0.145. The van der Waals surface area contributed by atoms with Gasteiger partial charge in [-0.15, -0.1) is 0 Å². The first-order chi connectivity index (χ1) is 12.0. The van der Waals surface area contributed by atoms with E-state index in [1.807, 2.05) is 56.3 Å². The van der Waals surface area contributed by atoms with Crippen molar-refractivity contribution in [2.45, 2.75) is 13.8 Å². The van der Waals surface area contributed by atoms with Crippen molar-refractivity contribution in [2.75, 3.05) is 6.61 Å². The number of benzene rings is 3. The lowest BCUT2D eigenvalue weighted by Gasteiger charge is -2.13. The highest BCUT2D eigenvalue weighted by Gasteiger charge is 2.12. The van der Waals surface area contributed by atoms with Gasteiger partial charge in [-0.05, 0) is 54.6 Å². The highest BCUT2D eigenvalue weighted by Crippen LogP contribution is 2.32. The van der Waals surface area contributed by atoms with Gasteiger partial charge in [0.05, 0.1) is 0 Å². The number of aryl methyl sites for hydroxylation is 2. The van der Waals surface area contributed by atoms with Crippen LogP contribution in [0.1, 0.15) is 11.1 Å². The van der Waals surface area contributed by atoms with Gasteiger partial charge in [0.1, 0.15) is 11.5 Å². The van der Waals surface area contributed by atoms with Gasteiger partial charge >= 0.3 is 5.97 Å². The molecular weight excluding hydrogens is 448 g/mol. The van der Waals surface area contributed by atoms with E-state index in [4.69, 9.17) is 9.47 Å². The third-order valence-electron chi connectivity index (χ3n) is 3.81. The molecule has 0 radical (unpaired) electrons. The second-order valence-corrected chi connectivity index (χ2v) is 7.49. The van der Waals surface area contributed by atoms with Gasteiger partial charge in [0.2, 0.25) is 0 Å². The molecule has 128 valence electrons. The molecule has 0 N–H and O–H groups in total. The van der Waals surface area contributed by atoms with Gasteiger partial charge in [-0.3, -0.25) is 0 Å². The van der Waals surface area contributed by atoms with Crippen molar-refractivity contribution in [1.29, 1.82) is 0 Å². The molecule has 0 aliphatic carbocycles. The summed E-state index contributed by atoms with van der Waals surface area (Å²) in [6.45, 7) is 3.75. The third-order valence-corrected chi connectivity index (χ3v) is 4.96. The molecule has 5 heteroatoms. The molecule has 0 saturated heterocycles. The normalized spacial score (nSPS) is 10.7. The predicted molar refractivity (Wildman–Crippen MR) is 106 cm³/mol. The number of hydrogen-bond acceptors (Lipinski definition) is 3. The van der Waals surface area contributed by atoms with Crippen LogP contribution in [0.25, 0.3) is 10.8 Å². The summed E-state index contributed by atoms with van der Waals surface area (Å²) < 4.78 is 13.1. The lowest BCUT2D eigenvalue weighted by Crippen LogP contribution is -2.18. The molecule has 3 aromatic carbocycles. The van der Waals surface area contributed by atoms with Gasteiger partial charge in [-0.1, -0.05) is 56.1 Å². The van der Waals surface area contributed by atoms with E-state index in [-0.39, 0.29) is 6.61 Å². The Labute approximate surface area is 163 Å². The monoisotopic (exact) mass is 462 g/mol. The molecule has 0 aliphatic rings. The predicted octanol–water partition coefficient (Wildman–Crippen LogP) is 5.97. The van der Waals surface area contributed by atoms with E-state index >= 15 is 0 Å². The highest BCUT2D eigenvalue weighted by atomic mass is 79.9. The Morgan fingerprint density at radius 3 is 2.28 bits per heavy atom. The van der Waals surface area contributed by atoms with Crippen LogP contribution in [-0.2, 0) is 4.79 Å². The average Bonchev–Trinajstić information content (AvgIpc) is 2.57. The van der Waals surface area contributed by atoms with Crippen molar-refractivity contribution in [3.05, 3.63) is 68.6 Å². The lowest BCUT2D eigenvalue weighted by molar-refractivity contribution is -0.136. The summed E-state index contributed by atoms with van der Waals surface area (Å²) in [6.07, 6.45) is 0. The quantitative estimate of drug-likeness (QED) is 0.353. The van der Waals surface area contributed by atoms with Gasteiger partial charge in [-0.2, -0.15) is 0 Å². The zero-order valence-electron chi connectivity index (χ0n) is 13.8. The maximum Gasteiger partial charge on any atom is 0.349 e. The van der Waals surface area contributed by atoms with Crippen molar-refractivity contribution in [3.63, 3.8) is 0 Å². The molecule has 3 aromatic rings. The molecule has 0 saturated carbocycles. The summed E-state index contributed by atoms with van der Waals surface area (Å²) in [4.78, 5) is 12.2. The Hall–Kier alpha value is -1.85. The maximum absolute atomic E-state index is 12.2. The number of halogens is 2. The zero-order valence-corrected chi connectivity index (χ0v) is 17.0. The summed E-state index contributed by atoms with van der Waals surface area (Å²) >= 11 is 6.96. The van der Waals surface area contributed by atoms with Crippen LogP contribution in [-0.4, -0.2) is 12.6 Å². The Bertz CT molecular complexity index is 928. The molecule has 3 nitrogen and oxygen atoms in total. The Kier molecular flexibility index (Phi) is 5.45. The fourth-order valence-electron chi connectivity index (χ4n) is 2.73. The van der Waals surface area contributed by atoms with Crippen LogP contribution in [0.5, 0.6) is 11.5 Å². The summed E-state index contributed by atoms with van der Waals surface area (Å²) in [5, 5.41) is 1.87. The van der Waals surface area contributed by atoms with Gasteiger partial charge in [0, 0.05) is 14.3 Å². The molecule has 0 heterocycles. The molecule has 0 unspecified atom stereocenters. The minimum atomic E-state index is -0.436. The number of fused-ring (bicyclic) bond motifs is 1. The summed E-state index contributed by atoms with van der Waals surface area (Å²) in [5.41, 5.74) is 1.93. The number of carbonyl (C=O) groups excluding carboxylic acids is 1. The van der Waals surface area contributed by atoms with Crippen LogP contribution in [0.3, 0.4) is 0 Å². The number of esters is 1. The van der Waals surface area contributed by atoms with Crippen LogP contribution < -0.4 is 9.47 Å². The molecule has 0 bridgehead atoms. The summed E-state index contributed by atoms with van der Waals surface area (Å²) in [7, 11) is 0. The van der Waals surface area contributed by atoms with Gasteiger partial charge < -0.3 is 9.47 Å². The maximum atomic E-state index is 12.2. The Morgan fingerprint density at radius 2 is 1.60 bits per heavy atom. The number of rotatable bonds is 4. The smallest absolute Gasteiger partial charge is 0.349 e. The first kappa shape index (κ1) is 18.0. The highest BCUT2D eigenvalue weighted by molar-refractivity contribution is 9.11. The molecular formula is C20H16Br2O3. The fourth-order valence-corrected chi connectivity index (χ4v) is 3.90. The van der Waals surface area contributed by atoms with Crippen LogP contribution in [0.4, 0.5) is 0 Å². The van der Waals surface area contributed by atoms with E-state index in [2.05, 4.69) is 31.9 Å². The van der Waals surface area contributed by atoms with E-state index in [1.165, 1.54) is 0 Å². The summed E-state index contributed by atoms with van der Waals surface area (Å²) in [6, 6.07) is 15.3. The molecule has 0 fully saturated rings. The first-order valence-corrected chi connectivity index (χ1v) is 9.32. The molecule has 0 atom stereocenters. The van der Waals surface area contributed by atoms with E-state index in [9.17, 15) is 4.79 Å².